The quantitative estimate of drug-likeness (QED) is 0.269. The average molecular weight is 568 g/mol. The van der Waals surface area contributed by atoms with Crippen molar-refractivity contribution in [2.75, 3.05) is 19.7 Å². The number of esters is 2. The molecule has 12 heteroatoms. The van der Waals surface area contributed by atoms with E-state index < -0.39 is 24.2 Å². The van der Waals surface area contributed by atoms with Crippen molar-refractivity contribution in [2.24, 2.45) is 0 Å². The minimum Gasteiger partial charge on any atom is -0.466 e. The van der Waals surface area contributed by atoms with Gasteiger partial charge < -0.3 is 25.1 Å². The first kappa shape index (κ1) is 30.0. The molecule has 0 unspecified atom stereocenters. The molecule has 2 aromatic carbocycles. The molecule has 0 saturated carbocycles. The van der Waals surface area contributed by atoms with Crippen molar-refractivity contribution in [2.45, 2.75) is 45.0 Å². The molecule has 0 spiro atoms. The van der Waals surface area contributed by atoms with Crippen LogP contribution < -0.4 is 10.6 Å². The number of aromatic amines is 1. The van der Waals surface area contributed by atoms with Crippen LogP contribution in [0.25, 0.3) is 10.9 Å². The molecule has 3 aromatic rings. The standard InChI is InChI=1S/C27H29ClF3N3O5/c1-3-38-23(35)10-11-32-25(36)21-9-5-8-20-18(14-34-24(20)21)12-16(2)33-15-22(39-26(37)27(29,30)31)17-6-4-7-19(28)13-17/h4-9,13-14,16,22,33-34H,3,10-12,15H2,1-2H3,(H,32,36)/t16-,22+/m1/s1. The predicted octanol–water partition coefficient (Wildman–Crippen LogP) is 4.87. The number of alkyl halides is 3. The van der Waals surface area contributed by atoms with Crippen molar-refractivity contribution < 1.29 is 37.0 Å². The summed E-state index contributed by atoms with van der Waals surface area (Å²) < 4.78 is 48.2. The number of para-hydroxylation sites is 1. The summed E-state index contributed by atoms with van der Waals surface area (Å²) in [6, 6.07) is 11.1. The van der Waals surface area contributed by atoms with E-state index >= 15 is 0 Å². The first-order chi connectivity index (χ1) is 18.5. The Hall–Kier alpha value is -3.57. The van der Waals surface area contributed by atoms with Gasteiger partial charge in [-0.2, -0.15) is 13.2 Å². The first-order valence-electron chi connectivity index (χ1n) is 12.3. The normalized spacial score (nSPS) is 13.1. The van der Waals surface area contributed by atoms with Gasteiger partial charge in [0.05, 0.1) is 24.1 Å². The van der Waals surface area contributed by atoms with Gasteiger partial charge in [0.2, 0.25) is 0 Å². The fourth-order valence-corrected chi connectivity index (χ4v) is 4.22. The number of hydrogen-bond acceptors (Lipinski definition) is 6. The van der Waals surface area contributed by atoms with E-state index in [1.165, 1.54) is 12.1 Å². The van der Waals surface area contributed by atoms with Crippen molar-refractivity contribution >= 4 is 40.3 Å². The molecule has 0 bridgehead atoms. The number of carbonyl (C=O) groups excluding carboxylic acids is 3. The van der Waals surface area contributed by atoms with Gasteiger partial charge in [-0.15, -0.1) is 0 Å². The number of fused-ring (bicyclic) bond motifs is 1. The summed E-state index contributed by atoms with van der Waals surface area (Å²) in [7, 11) is 0. The molecule has 1 heterocycles. The lowest BCUT2D eigenvalue weighted by molar-refractivity contribution is -0.205. The van der Waals surface area contributed by atoms with E-state index in [1.54, 1.807) is 37.4 Å². The number of carbonyl (C=O) groups is 3. The van der Waals surface area contributed by atoms with Crippen LogP contribution in [0.3, 0.4) is 0 Å². The summed E-state index contributed by atoms with van der Waals surface area (Å²) in [6.45, 7) is 3.86. The molecule has 0 radical (unpaired) electrons. The van der Waals surface area contributed by atoms with E-state index in [1.807, 2.05) is 13.0 Å². The summed E-state index contributed by atoms with van der Waals surface area (Å²) in [4.78, 5) is 38.8. The minimum absolute atomic E-state index is 0.0587. The molecule has 8 nitrogen and oxygen atoms in total. The Morgan fingerprint density at radius 2 is 1.87 bits per heavy atom. The number of H-pyrrole nitrogens is 1. The lowest BCUT2D eigenvalue weighted by Crippen LogP contribution is -2.35. The number of aromatic nitrogens is 1. The molecule has 0 aliphatic carbocycles. The molecule has 1 amide bonds. The highest BCUT2D eigenvalue weighted by atomic mass is 35.5. The fraction of sp³-hybridized carbons (Fsp3) is 0.370. The number of amides is 1. The van der Waals surface area contributed by atoms with Gasteiger partial charge in [0.15, 0.2) is 0 Å². The van der Waals surface area contributed by atoms with Crippen LogP contribution in [-0.4, -0.2) is 54.7 Å². The number of nitrogens with one attached hydrogen (secondary N) is 3. The molecule has 3 N–H and O–H groups in total. The Balaban J connectivity index is 1.67. The predicted molar refractivity (Wildman–Crippen MR) is 139 cm³/mol. The fourth-order valence-electron chi connectivity index (χ4n) is 4.02. The maximum Gasteiger partial charge on any atom is 0.490 e. The molecular formula is C27H29ClF3N3O5. The zero-order chi connectivity index (χ0) is 28.6. The van der Waals surface area contributed by atoms with Crippen LogP contribution in [0.2, 0.25) is 5.02 Å². The Labute approximate surface area is 228 Å². The van der Waals surface area contributed by atoms with Gasteiger partial charge in [-0.25, -0.2) is 4.79 Å². The van der Waals surface area contributed by atoms with Crippen molar-refractivity contribution in [3.05, 3.63) is 70.4 Å². The van der Waals surface area contributed by atoms with E-state index in [2.05, 4.69) is 15.6 Å². The molecule has 3 rings (SSSR count). The minimum atomic E-state index is -5.13. The van der Waals surface area contributed by atoms with E-state index in [-0.39, 0.29) is 38.1 Å². The van der Waals surface area contributed by atoms with Crippen LogP contribution in [0.15, 0.2) is 48.7 Å². The highest BCUT2D eigenvalue weighted by molar-refractivity contribution is 6.30. The molecule has 1 aromatic heterocycles. The van der Waals surface area contributed by atoms with Gasteiger partial charge in [0.1, 0.15) is 6.10 Å². The number of rotatable bonds is 12. The van der Waals surface area contributed by atoms with Gasteiger partial charge in [-0.3, -0.25) is 9.59 Å². The Morgan fingerprint density at radius 3 is 2.56 bits per heavy atom. The Kier molecular flexibility index (Phi) is 10.4. The Bertz CT molecular complexity index is 1310. The van der Waals surface area contributed by atoms with Gasteiger partial charge in [-0.05, 0) is 49.6 Å². The maximum absolute atomic E-state index is 12.9. The van der Waals surface area contributed by atoms with Crippen molar-refractivity contribution in [1.82, 2.24) is 15.6 Å². The van der Waals surface area contributed by atoms with Crippen LogP contribution in [0.1, 0.15) is 47.9 Å². The van der Waals surface area contributed by atoms with Crippen molar-refractivity contribution in [1.29, 1.82) is 0 Å². The monoisotopic (exact) mass is 567 g/mol. The summed E-state index contributed by atoms with van der Waals surface area (Å²) in [5.41, 5.74) is 2.22. The second-order valence-corrected chi connectivity index (χ2v) is 9.25. The zero-order valence-electron chi connectivity index (χ0n) is 21.4. The summed E-state index contributed by atoms with van der Waals surface area (Å²) in [5, 5.41) is 6.93. The van der Waals surface area contributed by atoms with Gasteiger partial charge in [0.25, 0.3) is 5.91 Å². The molecule has 39 heavy (non-hydrogen) atoms. The van der Waals surface area contributed by atoms with Gasteiger partial charge >= 0.3 is 18.1 Å². The van der Waals surface area contributed by atoms with Crippen molar-refractivity contribution in [3.8, 4) is 0 Å². The second kappa shape index (κ2) is 13.5. The SMILES string of the molecule is CCOC(=O)CCNC(=O)c1cccc2c(C[C@@H](C)NC[C@H](OC(=O)C(F)(F)F)c3cccc(Cl)c3)c[nH]c12. The molecule has 0 fully saturated rings. The third kappa shape index (κ3) is 8.46. The third-order valence-corrected chi connectivity index (χ3v) is 6.08. The van der Waals surface area contributed by atoms with E-state index in [0.717, 1.165) is 10.9 Å². The van der Waals surface area contributed by atoms with Crippen molar-refractivity contribution in [3.63, 3.8) is 0 Å². The van der Waals surface area contributed by atoms with E-state index in [4.69, 9.17) is 21.1 Å². The largest absolute Gasteiger partial charge is 0.490 e. The third-order valence-electron chi connectivity index (χ3n) is 5.84. The highest BCUT2D eigenvalue weighted by Gasteiger charge is 2.42. The van der Waals surface area contributed by atoms with Crippen LogP contribution in [-0.2, 0) is 25.5 Å². The lowest BCUT2D eigenvalue weighted by atomic mass is 10.0. The lowest BCUT2D eigenvalue weighted by Gasteiger charge is -2.22. The molecule has 0 aliphatic heterocycles. The highest BCUT2D eigenvalue weighted by Crippen LogP contribution is 2.26. The van der Waals surface area contributed by atoms with Crippen LogP contribution >= 0.6 is 11.6 Å². The number of benzene rings is 2. The maximum atomic E-state index is 12.9. The average Bonchev–Trinajstić information content (AvgIpc) is 3.28. The van der Waals surface area contributed by atoms with Gasteiger partial charge in [-0.1, -0.05) is 35.9 Å². The number of hydrogen-bond donors (Lipinski definition) is 3. The van der Waals surface area contributed by atoms with Gasteiger partial charge in [0, 0.05) is 35.7 Å². The summed E-state index contributed by atoms with van der Waals surface area (Å²) in [5.74, 6) is -3.03. The van der Waals surface area contributed by atoms with Crippen LogP contribution in [0.5, 0.6) is 0 Å². The molecule has 210 valence electrons. The number of ether oxygens (including phenoxy) is 2. The number of halogens is 4. The summed E-state index contributed by atoms with van der Waals surface area (Å²) >= 11 is 5.98. The molecule has 0 saturated heterocycles. The first-order valence-corrected chi connectivity index (χ1v) is 12.7. The van der Waals surface area contributed by atoms with Crippen LogP contribution in [0.4, 0.5) is 13.2 Å². The molecule has 0 aliphatic rings. The molecular weight excluding hydrogens is 539 g/mol. The smallest absolute Gasteiger partial charge is 0.466 e. The Morgan fingerprint density at radius 1 is 1.13 bits per heavy atom. The van der Waals surface area contributed by atoms with E-state index in [9.17, 15) is 27.6 Å². The topological polar surface area (TPSA) is 110 Å². The van der Waals surface area contributed by atoms with Crippen LogP contribution in [0, 0.1) is 0 Å². The zero-order valence-corrected chi connectivity index (χ0v) is 22.1. The molecule has 2 atom stereocenters. The summed E-state index contributed by atoms with van der Waals surface area (Å²) in [6.07, 6.45) is -4.06. The van der Waals surface area contributed by atoms with E-state index in [0.29, 0.717) is 28.1 Å². The second-order valence-electron chi connectivity index (χ2n) is 8.81.